The van der Waals surface area contributed by atoms with Crippen LogP contribution in [0.3, 0.4) is 0 Å². The van der Waals surface area contributed by atoms with Gasteiger partial charge >= 0.3 is 6.09 Å². The predicted molar refractivity (Wildman–Crippen MR) is 152 cm³/mol. The number of benzene rings is 2. The lowest BCUT2D eigenvalue weighted by molar-refractivity contribution is -0.142. The first-order chi connectivity index (χ1) is 18.4. The molecule has 0 aliphatic rings. The van der Waals surface area contributed by atoms with Gasteiger partial charge in [0.2, 0.25) is 11.8 Å². The molecule has 0 bridgehead atoms. The van der Waals surface area contributed by atoms with Crippen molar-refractivity contribution in [3.05, 3.63) is 65.2 Å². The largest absolute Gasteiger partial charge is 0.444 e. The van der Waals surface area contributed by atoms with Gasteiger partial charge in [-0.3, -0.25) is 14.4 Å². The molecule has 0 aliphatic carbocycles. The molecule has 0 radical (unpaired) electrons. The molecule has 4 N–H and O–H groups in total. The summed E-state index contributed by atoms with van der Waals surface area (Å²) in [6.07, 6.45) is 0.875. The number of alkyl carbamates (subject to hydrolysis) is 1. The zero-order chi connectivity index (χ0) is 29.2. The minimum atomic E-state index is -1.31. The van der Waals surface area contributed by atoms with Crippen LogP contribution in [0, 0.1) is 6.92 Å². The van der Waals surface area contributed by atoms with Crippen molar-refractivity contribution in [1.29, 1.82) is 0 Å². The fraction of sp³-hybridized carbons (Fsp3) is 0.467. The Kier molecular flexibility index (Phi) is 11.5. The third kappa shape index (κ3) is 9.74. The number of ether oxygens (including phenoxy) is 1. The van der Waals surface area contributed by atoms with E-state index in [1.165, 1.54) is 4.90 Å². The molecule has 9 nitrogen and oxygen atoms in total. The summed E-state index contributed by atoms with van der Waals surface area (Å²) in [6.45, 7) is 11.2. The molecule has 2 aromatic carbocycles. The Morgan fingerprint density at radius 1 is 1.00 bits per heavy atom. The SMILES string of the molecule is CCCCN(C(=O)C(CC(N)=O)NC(=O)OC(C)(C)C)C(C(=O)Nc1ccccc1C)c1ccc(CC)cc1. The van der Waals surface area contributed by atoms with Crippen LogP contribution in [0.4, 0.5) is 10.5 Å². The van der Waals surface area contributed by atoms with Crippen LogP contribution in [-0.2, 0) is 25.5 Å². The monoisotopic (exact) mass is 538 g/mol. The zero-order valence-electron chi connectivity index (χ0n) is 23.9. The van der Waals surface area contributed by atoms with Crippen molar-refractivity contribution < 1.29 is 23.9 Å². The maximum absolute atomic E-state index is 14.0. The number of hydrogen-bond donors (Lipinski definition) is 3. The van der Waals surface area contributed by atoms with E-state index >= 15 is 0 Å². The third-order valence-corrected chi connectivity index (χ3v) is 6.10. The first-order valence-electron chi connectivity index (χ1n) is 13.4. The van der Waals surface area contributed by atoms with Gasteiger partial charge in [-0.1, -0.05) is 62.7 Å². The van der Waals surface area contributed by atoms with Gasteiger partial charge in [-0.25, -0.2) is 4.79 Å². The number of aryl methyl sites for hydroxylation is 2. The van der Waals surface area contributed by atoms with Crippen molar-refractivity contribution in [1.82, 2.24) is 10.2 Å². The van der Waals surface area contributed by atoms with E-state index in [1.54, 1.807) is 26.8 Å². The normalized spacial score (nSPS) is 12.7. The van der Waals surface area contributed by atoms with Crippen molar-refractivity contribution in [2.45, 2.75) is 84.9 Å². The Morgan fingerprint density at radius 2 is 1.64 bits per heavy atom. The van der Waals surface area contributed by atoms with E-state index in [0.29, 0.717) is 17.7 Å². The molecule has 0 spiro atoms. The first-order valence-corrected chi connectivity index (χ1v) is 13.4. The van der Waals surface area contributed by atoms with E-state index in [-0.39, 0.29) is 6.54 Å². The van der Waals surface area contributed by atoms with Gasteiger partial charge in [0.15, 0.2) is 0 Å². The number of hydrogen-bond acceptors (Lipinski definition) is 5. The van der Waals surface area contributed by atoms with Crippen molar-refractivity contribution in [2.24, 2.45) is 5.73 Å². The van der Waals surface area contributed by atoms with Gasteiger partial charge in [-0.2, -0.15) is 0 Å². The van der Waals surface area contributed by atoms with Crippen LogP contribution in [0.5, 0.6) is 0 Å². The molecule has 9 heteroatoms. The van der Waals surface area contributed by atoms with E-state index in [9.17, 15) is 19.2 Å². The van der Waals surface area contributed by atoms with Gasteiger partial charge in [0, 0.05) is 12.2 Å². The number of carbonyl (C=O) groups excluding carboxylic acids is 4. The highest BCUT2D eigenvalue weighted by atomic mass is 16.6. The summed E-state index contributed by atoms with van der Waals surface area (Å²) in [7, 11) is 0. The number of primary amides is 1. The molecular formula is C30H42N4O5. The molecule has 212 valence electrons. The number of amides is 4. The van der Waals surface area contributed by atoms with Crippen molar-refractivity contribution in [2.75, 3.05) is 11.9 Å². The van der Waals surface area contributed by atoms with Crippen molar-refractivity contribution in [3.63, 3.8) is 0 Å². The molecule has 0 saturated carbocycles. The number of nitrogens with two attached hydrogens (primary N) is 1. The summed E-state index contributed by atoms with van der Waals surface area (Å²) >= 11 is 0. The molecular weight excluding hydrogens is 496 g/mol. The van der Waals surface area contributed by atoms with Crippen molar-refractivity contribution in [3.8, 4) is 0 Å². The van der Waals surface area contributed by atoms with Gasteiger partial charge < -0.3 is 26.0 Å². The number of anilines is 1. The molecule has 2 atom stereocenters. The highest BCUT2D eigenvalue weighted by molar-refractivity contribution is 6.00. The average molecular weight is 539 g/mol. The Labute approximate surface area is 231 Å². The van der Waals surface area contributed by atoms with Crippen LogP contribution in [0.25, 0.3) is 0 Å². The smallest absolute Gasteiger partial charge is 0.408 e. The molecule has 2 rings (SSSR count). The highest BCUT2D eigenvalue weighted by Crippen LogP contribution is 2.27. The summed E-state index contributed by atoms with van der Waals surface area (Å²) in [5, 5.41) is 5.46. The summed E-state index contributed by atoms with van der Waals surface area (Å²) in [4.78, 5) is 53.8. The van der Waals surface area contributed by atoms with Crippen LogP contribution in [0.1, 0.15) is 76.6 Å². The first kappa shape index (κ1) is 31.3. The van der Waals surface area contributed by atoms with E-state index in [4.69, 9.17) is 10.5 Å². The standard InChI is InChI=1S/C30H42N4O5/c1-7-9-18-34(28(37)24(19-25(31)35)33-29(38)39-30(4,5)6)26(22-16-14-21(8-2)15-17-22)27(36)32-23-13-11-10-12-20(23)3/h10-17,24,26H,7-9,18-19H2,1-6H3,(H2,31,35)(H,32,36)(H,33,38). The fourth-order valence-corrected chi connectivity index (χ4v) is 4.07. The molecule has 0 aliphatic heterocycles. The lowest BCUT2D eigenvalue weighted by atomic mass is 9.99. The van der Waals surface area contributed by atoms with Gasteiger partial charge in [-0.05, 0) is 63.3 Å². The maximum atomic E-state index is 14.0. The Morgan fingerprint density at radius 3 is 2.18 bits per heavy atom. The van der Waals surface area contributed by atoms with Crippen LogP contribution >= 0.6 is 0 Å². The second-order valence-electron chi connectivity index (χ2n) is 10.6. The summed E-state index contributed by atoms with van der Waals surface area (Å²) < 4.78 is 5.32. The average Bonchev–Trinajstić information content (AvgIpc) is 2.85. The lowest BCUT2D eigenvalue weighted by Crippen LogP contribution is -2.53. The Balaban J connectivity index is 2.55. The molecule has 0 aromatic heterocycles. The minimum absolute atomic E-state index is 0.224. The quantitative estimate of drug-likeness (QED) is 0.363. The van der Waals surface area contributed by atoms with Crippen molar-refractivity contribution >= 4 is 29.5 Å². The summed E-state index contributed by atoms with van der Waals surface area (Å²) in [5.41, 5.74) is 7.83. The zero-order valence-corrected chi connectivity index (χ0v) is 23.9. The highest BCUT2D eigenvalue weighted by Gasteiger charge is 2.37. The minimum Gasteiger partial charge on any atom is -0.444 e. The summed E-state index contributed by atoms with van der Waals surface area (Å²) in [5.74, 6) is -1.78. The third-order valence-electron chi connectivity index (χ3n) is 6.10. The van der Waals surface area contributed by atoms with Gasteiger partial charge in [0.1, 0.15) is 17.7 Å². The second-order valence-corrected chi connectivity index (χ2v) is 10.6. The number of unbranched alkanes of at least 4 members (excludes halogenated alkanes) is 1. The van der Waals surface area contributed by atoms with Gasteiger partial charge in [-0.15, -0.1) is 0 Å². The van der Waals surface area contributed by atoms with Crippen LogP contribution in [0.15, 0.2) is 48.5 Å². The summed E-state index contributed by atoms with van der Waals surface area (Å²) in [6, 6.07) is 12.5. The molecule has 0 heterocycles. The Hall–Kier alpha value is -3.88. The molecule has 0 fully saturated rings. The van der Waals surface area contributed by atoms with Crippen LogP contribution < -0.4 is 16.4 Å². The number of nitrogens with one attached hydrogen (secondary N) is 2. The molecule has 2 unspecified atom stereocenters. The van der Waals surface area contributed by atoms with E-state index in [1.807, 2.05) is 63.2 Å². The predicted octanol–water partition coefficient (Wildman–Crippen LogP) is 4.63. The number of carbonyl (C=O) groups is 4. The van der Waals surface area contributed by atoms with Gasteiger partial charge in [0.05, 0.1) is 6.42 Å². The van der Waals surface area contributed by atoms with Crippen LogP contribution in [0.2, 0.25) is 0 Å². The molecule has 2 aromatic rings. The van der Waals surface area contributed by atoms with E-state index < -0.39 is 47.9 Å². The number of para-hydroxylation sites is 1. The maximum Gasteiger partial charge on any atom is 0.408 e. The fourth-order valence-electron chi connectivity index (χ4n) is 4.07. The second kappa shape index (κ2) is 14.3. The number of nitrogens with zero attached hydrogens (tertiary/aromatic N) is 1. The number of rotatable bonds is 12. The van der Waals surface area contributed by atoms with Crippen LogP contribution in [-0.4, -0.2) is 46.9 Å². The molecule has 4 amide bonds. The van der Waals surface area contributed by atoms with E-state index in [0.717, 1.165) is 24.0 Å². The lowest BCUT2D eigenvalue weighted by Gasteiger charge is -2.34. The van der Waals surface area contributed by atoms with E-state index in [2.05, 4.69) is 10.6 Å². The van der Waals surface area contributed by atoms with Gasteiger partial charge in [0.25, 0.3) is 5.91 Å². The molecule has 0 saturated heterocycles. The Bertz CT molecular complexity index is 1140. The topological polar surface area (TPSA) is 131 Å². The molecule has 39 heavy (non-hydrogen) atoms.